The van der Waals surface area contributed by atoms with Gasteiger partial charge in [-0.3, -0.25) is 0 Å². The van der Waals surface area contributed by atoms with Gasteiger partial charge < -0.3 is 11.1 Å². The van der Waals surface area contributed by atoms with E-state index in [1.54, 1.807) is 12.1 Å². The summed E-state index contributed by atoms with van der Waals surface area (Å²) in [7, 11) is 0. The van der Waals surface area contributed by atoms with E-state index in [1.807, 2.05) is 0 Å². The van der Waals surface area contributed by atoms with Gasteiger partial charge in [-0.1, -0.05) is 19.1 Å². The van der Waals surface area contributed by atoms with Crippen LogP contribution < -0.4 is 11.1 Å². The highest BCUT2D eigenvalue weighted by Crippen LogP contribution is 2.13. The van der Waals surface area contributed by atoms with E-state index in [0.717, 1.165) is 24.9 Å². The molecule has 1 aromatic rings. The highest BCUT2D eigenvalue weighted by Gasteiger charge is 2.06. The van der Waals surface area contributed by atoms with Crippen LogP contribution in [0.4, 0.5) is 4.39 Å². The number of nitrogens with one attached hydrogen (secondary N) is 1. The van der Waals surface area contributed by atoms with E-state index >= 15 is 0 Å². The molecular formula is C13H21FN2. The van der Waals surface area contributed by atoms with Crippen molar-refractivity contribution in [1.29, 1.82) is 0 Å². The molecule has 0 aliphatic heterocycles. The number of benzene rings is 1. The van der Waals surface area contributed by atoms with Crippen molar-refractivity contribution in [3.63, 3.8) is 0 Å². The quantitative estimate of drug-likeness (QED) is 0.779. The average Bonchev–Trinajstić information content (AvgIpc) is 2.29. The molecule has 90 valence electrons. The minimum absolute atomic E-state index is 0.0165. The van der Waals surface area contributed by atoms with E-state index in [2.05, 4.69) is 19.2 Å². The molecule has 0 spiro atoms. The van der Waals surface area contributed by atoms with Gasteiger partial charge in [-0.05, 0) is 44.0 Å². The van der Waals surface area contributed by atoms with E-state index in [1.165, 1.54) is 12.1 Å². The molecule has 1 rings (SSSR count). The Labute approximate surface area is 97.0 Å². The number of nitrogens with two attached hydrogens (primary N) is 1. The van der Waals surface area contributed by atoms with Gasteiger partial charge in [-0.2, -0.15) is 0 Å². The molecule has 0 aromatic heterocycles. The lowest BCUT2D eigenvalue weighted by Gasteiger charge is -2.15. The van der Waals surface area contributed by atoms with Crippen molar-refractivity contribution in [2.24, 2.45) is 5.73 Å². The van der Waals surface area contributed by atoms with Crippen molar-refractivity contribution in [3.8, 4) is 0 Å². The van der Waals surface area contributed by atoms with Gasteiger partial charge in [0.2, 0.25) is 0 Å². The third kappa shape index (κ3) is 4.29. The maximum Gasteiger partial charge on any atom is 0.123 e. The lowest BCUT2D eigenvalue weighted by atomic mass is 10.0. The van der Waals surface area contributed by atoms with Gasteiger partial charge in [-0.25, -0.2) is 4.39 Å². The van der Waals surface area contributed by atoms with Gasteiger partial charge in [0.1, 0.15) is 5.82 Å². The molecule has 3 heteroatoms. The second-order valence-corrected chi connectivity index (χ2v) is 4.21. The van der Waals surface area contributed by atoms with E-state index in [-0.39, 0.29) is 11.9 Å². The molecule has 0 fully saturated rings. The first kappa shape index (κ1) is 13.1. The molecule has 2 nitrogen and oxygen atoms in total. The van der Waals surface area contributed by atoms with Gasteiger partial charge in [-0.15, -0.1) is 0 Å². The Bertz CT molecular complexity index is 297. The van der Waals surface area contributed by atoms with Crippen molar-refractivity contribution >= 4 is 0 Å². The molecule has 3 N–H and O–H groups in total. The van der Waals surface area contributed by atoms with Crippen molar-refractivity contribution in [3.05, 3.63) is 35.6 Å². The normalized spacial score (nSPS) is 14.8. The molecule has 16 heavy (non-hydrogen) atoms. The SMILES string of the molecule is CCC(C)NCCC(N)c1ccc(F)cc1. The zero-order chi connectivity index (χ0) is 12.0. The summed E-state index contributed by atoms with van der Waals surface area (Å²) in [5.74, 6) is -0.214. The summed E-state index contributed by atoms with van der Waals surface area (Å²) < 4.78 is 12.7. The van der Waals surface area contributed by atoms with Crippen LogP contribution in [0, 0.1) is 5.82 Å². The molecule has 1 aromatic carbocycles. The number of hydrogen-bond donors (Lipinski definition) is 2. The number of hydrogen-bond acceptors (Lipinski definition) is 2. The van der Waals surface area contributed by atoms with Crippen LogP contribution in [0.2, 0.25) is 0 Å². The van der Waals surface area contributed by atoms with Crippen LogP contribution >= 0.6 is 0 Å². The first-order valence-electron chi connectivity index (χ1n) is 5.88. The highest BCUT2D eigenvalue weighted by atomic mass is 19.1. The number of halogens is 1. The van der Waals surface area contributed by atoms with Crippen LogP contribution in [0.15, 0.2) is 24.3 Å². The lowest BCUT2D eigenvalue weighted by molar-refractivity contribution is 0.499. The fourth-order valence-corrected chi connectivity index (χ4v) is 1.51. The van der Waals surface area contributed by atoms with Crippen LogP contribution in [-0.4, -0.2) is 12.6 Å². The minimum atomic E-state index is -0.214. The van der Waals surface area contributed by atoms with Crippen LogP contribution in [0.3, 0.4) is 0 Å². The maximum absolute atomic E-state index is 12.7. The molecule has 0 radical (unpaired) electrons. The fourth-order valence-electron chi connectivity index (χ4n) is 1.51. The highest BCUT2D eigenvalue weighted by molar-refractivity contribution is 5.19. The summed E-state index contributed by atoms with van der Waals surface area (Å²) in [6.45, 7) is 5.20. The van der Waals surface area contributed by atoms with Gasteiger partial charge in [0.25, 0.3) is 0 Å². The Morgan fingerprint density at radius 2 is 1.94 bits per heavy atom. The molecule has 2 unspecified atom stereocenters. The molecule has 0 saturated heterocycles. The third-order valence-electron chi connectivity index (χ3n) is 2.86. The Morgan fingerprint density at radius 1 is 1.31 bits per heavy atom. The van der Waals surface area contributed by atoms with Gasteiger partial charge in [0.05, 0.1) is 0 Å². The predicted molar refractivity (Wildman–Crippen MR) is 65.7 cm³/mol. The largest absolute Gasteiger partial charge is 0.324 e. The summed E-state index contributed by atoms with van der Waals surface area (Å²) in [6, 6.07) is 6.93. The Balaban J connectivity index is 2.35. The van der Waals surface area contributed by atoms with E-state index in [0.29, 0.717) is 6.04 Å². The summed E-state index contributed by atoms with van der Waals surface area (Å²) in [4.78, 5) is 0. The molecule has 0 saturated carbocycles. The summed E-state index contributed by atoms with van der Waals surface area (Å²) in [5.41, 5.74) is 7.00. The Morgan fingerprint density at radius 3 is 2.50 bits per heavy atom. The van der Waals surface area contributed by atoms with Crippen LogP contribution in [-0.2, 0) is 0 Å². The molecule has 0 bridgehead atoms. The Hall–Kier alpha value is -0.930. The van der Waals surface area contributed by atoms with Gasteiger partial charge >= 0.3 is 0 Å². The maximum atomic E-state index is 12.7. The molecule has 0 aliphatic carbocycles. The summed E-state index contributed by atoms with van der Waals surface area (Å²) in [6.07, 6.45) is 1.99. The van der Waals surface area contributed by atoms with E-state index < -0.39 is 0 Å². The van der Waals surface area contributed by atoms with Crippen molar-refractivity contribution in [2.45, 2.75) is 38.8 Å². The average molecular weight is 224 g/mol. The standard InChI is InChI=1S/C13H21FN2/c1-3-10(2)16-9-8-13(15)11-4-6-12(14)7-5-11/h4-7,10,13,16H,3,8-9,15H2,1-2H3. The first-order valence-corrected chi connectivity index (χ1v) is 5.88. The molecule has 0 heterocycles. The van der Waals surface area contributed by atoms with Crippen molar-refractivity contribution < 1.29 is 4.39 Å². The zero-order valence-electron chi connectivity index (χ0n) is 10.0. The smallest absolute Gasteiger partial charge is 0.123 e. The molecular weight excluding hydrogens is 203 g/mol. The van der Waals surface area contributed by atoms with E-state index in [9.17, 15) is 4.39 Å². The van der Waals surface area contributed by atoms with Gasteiger partial charge in [0, 0.05) is 12.1 Å². The molecule has 0 amide bonds. The third-order valence-corrected chi connectivity index (χ3v) is 2.86. The fraction of sp³-hybridized carbons (Fsp3) is 0.538. The van der Waals surface area contributed by atoms with Crippen LogP contribution in [0.25, 0.3) is 0 Å². The zero-order valence-corrected chi connectivity index (χ0v) is 10.0. The van der Waals surface area contributed by atoms with E-state index in [4.69, 9.17) is 5.73 Å². The minimum Gasteiger partial charge on any atom is -0.324 e. The second-order valence-electron chi connectivity index (χ2n) is 4.21. The Kier molecular flexibility index (Phi) is 5.43. The first-order chi connectivity index (χ1) is 7.63. The summed E-state index contributed by atoms with van der Waals surface area (Å²) in [5, 5.41) is 3.39. The lowest BCUT2D eigenvalue weighted by Crippen LogP contribution is -2.28. The van der Waals surface area contributed by atoms with Crippen LogP contribution in [0.5, 0.6) is 0 Å². The van der Waals surface area contributed by atoms with Crippen LogP contribution in [0.1, 0.15) is 38.3 Å². The second kappa shape index (κ2) is 6.61. The molecule has 2 atom stereocenters. The van der Waals surface area contributed by atoms with Crippen molar-refractivity contribution in [2.75, 3.05) is 6.54 Å². The topological polar surface area (TPSA) is 38.0 Å². The summed E-state index contributed by atoms with van der Waals surface area (Å²) >= 11 is 0. The monoisotopic (exact) mass is 224 g/mol. The molecule has 0 aliphatic rings. The predicted octanol–water partition coefficient (Wildman–Crippen LogP) is 2.60. The van der Waals surface area contributed by atoms with Gasteiger partial charge in [0.15, 0.2) is 0 Å². The van der Waals surface area contributed by atoms with Crippen molar-refractivity contribution in [1.82, 2.24) is 5.32 Å². The number of rotatable bonds is 6.